The van der Waals surface area contributed by atoms with Crippen molar-refractivity contribution in [2.75, 3.05) is 0 Å². The van der Waals surface area contributed by atoms with E-state index in [-0.39, 0.29) is 0 Å². The van der Waals surface area contributed by atoms with Gasteiger partial charge in [0.15, 0.2) is 0 Å². The van der Waals surface area contributed by atoms with Crippen molar-refractivity contribution >= 4 is 11.6 Å². The lowest BCUT2D eigenvalue weighted by Crippen LogP contribution is -2.30. The molecule has 1 saturated carbocycles. The van der Waals surface area contributed by atoms with Crippen LogP contribution in [0.5, 0.6) is 0 Å². The Bertz CT molecular complexity index is 131. The van der Waals surface area contributed by atoms with Crippen LogP contribution < -0.4 is 0 Å². The average molecular weight is 175 g/mol. The molecule has 1 aliphatic carbocycles. The third kappa shape index (κ3) is 2.11. The predicted octanol–water partition coefficient (Wildman–Crippen LogP) is 3.83. The summed E-state index contributed by atoms with van der Waals surface area (Å²) in [7, 11) is 0. The summed E-state index contributed by atoms with van der Waals surface area (Å²) >= 11 is 6.15. The van der Waals surface area contributed by atoms with Crippen LogP contribution in [0.15, 0.2) is 0 Å². The molecule has 0 aromatic carbocycles. The molecule has 0 radical (unpaired) electrons. The minimum absolute atomic E-state index is 0.441. The second kappa shape index (κ2) is 3.35. The second-order valence-corrected chi connectivity index (χ2v) is 5.12. The minimum atomic E-state index is 0.441. The third-order valence-corrected chi connectivity index (χ3v) is 3.72. The average Bonchev–Trinajstić information content (AvgIpc) is 1.86. The van der Waals surface area contributed by atoms with E-state index in [9.17, 15) is 0 Å². The van der Waals surface area contributed by atoms with Gasteiger partial charge in [-0.25, -0.2) is 0 Å². The number of rotatable bonds is 1. The molecule has 1 aliphatic rings. The summed E-state index contributed by atoms with van der Waals surface area (Å²) in [6, 6.07) is 0. The first kappa shape index (κ1) is 9.38. The highest BCUT2D eigenvalue weighted by Crippen LogP contribution is 2.43. The SMILES string of the molecule is CC(C)C1(C)CCCC(Cl)C1. The first-order valence-corrected chi connectivity index (χ1v) is 5.12. The Morgan fingerprint density at radius 1 is 1.45 bits per heavy atom. The zero-order valence-electron chi connectivity index (χ0n) is 7.86. The molecule has 0 aromatic heterocycles. The summed E-state index contributed by atoms with van der Waals surface area (Å²) < 4.78 is 0. The highest BCUT2D eigenvalue weighted by atomic mass is 35.5. The van der Waals surface area contributed by atoms with Gasteiger partial charge in [-0.1, -0.05) is 27.2 Å². The number of hydrogen-bond donors (Lipinski definition) is 0. The summed E-state index contributed by atoms with van der Waals surface area (Å²) in [6.07, 6.45) is 5.13. The van der Waals surface area contributed by atoms with Gasteiger partial charge in [-0.05, 0) is 30.6 Å². The molecule has 0 saturated heterocycles. The van der Waals surface area contributed by atoms with Crippen LogP contribution in [0.1, 0.15) is 46.5 Å². The Morgan fingerprint density at radius 3 is 2.45 bits per heavy atom. The Balaban J connectivity index is 2.55. The lowest BCUT2D eigenvalue weighted by molar-refractivity contribution is 0.146. The van der Waals surface area contributed by atoms with Gasteiger partial charge in [0.2, 0.25) is 0 Å². The van der Waals surface area contributed by atoms with Crippen LogP contribution in [0.25, 0.3) is 0 Å². The van der Waals surface area contributed by atoms with Crippen molar-refractivity contribution in [3.63, 3.8) is 0 Å². The zero-order chi connectivity index (χ0) is 8.48. The molecule has 1 fully saturated rings. The molecule has 1 rings (SSSR count). The van der Waals surface area contributed by atoms with Crippen LogP contribution in [0.4, 0.5) is 0 Å². The first-order chi connectivity index (χ1) is 5.04. The molecular weight excluding hydrogens is 156 g/mol. The van der Waals surface area contributed by atoms with E-state index in [4.69, 9.17) is 11.6 Å². The molecule has 0 N–H and O–H groups in total. The fourth-order valence-corrected chi connectivity index (χ4v) is 2.47. The molecule has 0 aromatic rings. The van der Waals surface area contributed by atoms with Crippen molar-refractivity contribution < 1.29 is 0 Å². The standard InChI is InChI=1S/C10H19Cl/c1-8(2)10(3)6-4-5-9(11)7-10/h8-9H,4-7H2,1-3H3. The van der Waals surface area contributed by atoms with E-state index in [1.54, 1.807) is 0 Å². The third-order valence-electron chi connectivity index (χ3n) is 3.35. The van der Waals surface area contributed by atoms with Gasteiger partial charge < -0.3 is 0 Å². The highest BCUT2D eigenvalue weighted by Gasteiger charge is 2.33. The molecule has 0 nitrogen and oxygen atoms in total. The van der Waals surface area contributed by atoms with Crippen molar-refractivity contribution in [3.8, 4) is 0 Å². The van der Waals surface area contributed by atoms with Gasteiger partial charge in [0.1, 0.15) is 0 Å². The molecular formula is C10H19Cl. The normalized spacial score (nSPS) is 39.5. The lowest BCUT2D eigenvalue weighted by atomic mass is 9.68. The van der Waals surface area contributed by atoms with Gasteiger partial charge in [-0.3, -0.25) is 0 Å². The van der Waals surface area contributed by atoms with Gasteiger partial charge in [-0.2, -0.15) is 0 Å². The molecule has 0 spiro atoms. The van der Waals surface area contributed by atoms with Gasteiger partial charge in [0.25, 0.3) is 0 Å². The number of halogens is 1. The largest absolute Gasteiger partial charge is 0.123 e. The first-order valence-electron chi connectivity index (χ1n) is 4.69. The fraction of sp³-hybridized carbons (Fsp3) is 1.00. The molecule has 0 heterocycles. The minimum Gasteiger partial charge on any atom is -0.123 e. The predicted molar refractivity (Wildman–Crippen MR) is 51.1 cm³/mol. The molecule has 2 atom stereocenters. The maximum Gasteiger partial charge on any atom is 0.0341 e. The van der Waals surface area contributed by atoms with E-state index in [1.165, 1.54) is 25.7 Å². The van der Waals surface area contributed by atoms with Gasteiger partial charge in [0, 0.05) is 5.38 Å². The maximum absolute atomic E-state index is 6.15. The topological polar surface area (TPSA) is 0 Å². The summed E-state index contributed by atoms with van der Waals surface area (Å²) in [4.78, 5) is 0. The molecule has 0 amide bonds. The van der Waals surface area contributed by atoms with Crippen LogP contribution in [0.2, 0.25) is 0 Å². The molecule has 2 unspecified atom stereocenters. The molecule has 1 heteroatoms. The monoisotopic (exact) mass is 174 g/mol. The second-order valence-electron chi connectivity index (χ2n) is 4.50. The van der Waals surface area contributed by atoms with Gasteiger partial charge >= 0.3 is 0 Å². The summed E-state index contributed by atoms with van der Waals surface area (Å²) in [5, 5.41) is 0.441. The quantitative estimate of drug-likeness (QED) is 0.530. The van der Waals surface area contributed by atoms with Crippen molar-refractivity contribution in [1.29, 1.82) is 0 Å². The van der Waals surface area contributed by atoms with E-state index in [1.807, 2.05) is 0 Å². The van der Waals surface area contributed by atoms with E-state index >= 15 is 0 Å². The Morgan fingerprint density at radius 2 is 2.09 bits per heavy atom. The fourth-order valence-electron chi connectivity index (χ4n) is 1.96. The Kier molecular flexibility index (Phi) is 2.85. The number of hydrogen-bond acceptors (Lipinski definition) is 0. The van der Waals surface area contributed by atoms with Crippen LogP contribution in [-0.2, 0) is 0 Å². The van der Waals surface area contributed by atoms with Crippen LogP contribution in [0, 0.1) is 11.3 Å². The smallest absolute Gasteiger partial charge is 0.0341 e. The van der Waals surface area contributed by atoms with Crippen LogP contribution in [-0.4, -0.2) is 5.38 Å². The zero-order valence-corrected chi connectivity index (χ0v) is 8.62. The Labute approximate surface area is 75.3 Å². The molecule has 0 aliphatic heterocycles. The Hall–Kier alpha value is 0.290. The maximum atomic E-state index is 6.15. The van der Waals surface area contributed by atoms with Crippen molar-refractivity contribution in [1.82, 2.24) is 0 Å². The van der Waals surface area contributed by atoms with Gasteiger partial charge in [-0.15, -0.1) is 11.6 Å². The summed E-state index contributed by atoms with van der Waals surface area (Å²) in [5.74, 6) is 0.782. The number of alkyl halides is 1. The van der Waals surface area contributed by atoms with Crippen LogP contribution in [0.3, 0.4) is 0 Å². The molecule has 66 valence electrons. The highest BCUT2D eigenvalue weighted by molar-refractivity contribution is 6.20. The van der Waals surface area contributed by atoms with E-state index in [0.717, 1.165) is 5.92 Å². The molecule has 11 heavy (non-hydrogen) atoms. The summed E-state index contributed by atoms with van der Waals surface area (Å²) in [6.45, 7) is 7.01. The van der Waals surface area contributed by atoms with E-state index < -0.39 is 0 Å². The summed E-state index contributed by atoms with van der Waals surface area (Å²) in [5.41, 5.74) is 0.519. The van der Waals surface area contributed by atoms with Gasteiger partial charge in [0.05, 0.1) is 0 Å². The van der Waals surface area contributed by atoms with Crippen molar-refractivity contribution in [2.24, 2.45) is 11.3 Å². The van der Waals surface area contributed by atoms with E-state index in [0.29, 0.717) is 10.8 Å². The van der Waals surface area contributed by atoms with Crippen LogP contribution >= 0.6 is 11.6 Å². The molecule has 0 bridgehead atoms. The van der Waals surface area contributed by atoms with Crippen molar-refractivity contribution in [3.05, 3.63) is 0 Å². The van der Waals surface area contributed by atoms with Crippen molar-refractivity contribution in [2.45, 2.75) is 51.8 Å². The van der Waals surface area contributed by atoms with E-state index in [2.05, 4.69) is 20.8 Å². The lowest BCUT2D eigenvalue weighted by Gasteiger charge is -2.39.